The van der Waals surface area contributed by atoms with Crippen molar-refractivity contribution in [3.8, 4) is 45.8 Å². The van der Waals surface area contributed by atoms with Gasteiger partial charge in [-0.2, -0.15) is 10.5 Å². The van der Waals surface area contributed by atoms with Gasteiger partial charge in [-0.1, -0.05) is 97.1 Å². The normalized spacial score (nSPS) is 11.3. The zero-order valence-electron chi connectivity index (χ0n) is 25.7. The summed E-state index contributed by atoms with van der Waals surface area (Å²) in [5, 5.41) is 26.0. The Hall–Kier alpha value is -6.95. The van der Waals surface area contributed by atoms with Crippen LogP contribution in [0.4, 0.5) is 0 Å². The van der Waals surface area contributed by atoms with Crippen molar-refractivity contribution in [2.75, 3.05) is 0 Å². The molecule has 0 saturated carbocycles. The lowest BCUT2D eigenvalue weighted by atomic mass is 9.89. The van der Waals surface area contributed by atoms with Gasteiger partial charge in [0.25, 0.3) is 0 Å². The van der Waals surface area contributed by atoms with Crippen LogP contribution in [0.25, 0.3) is 77.2 Å². The van der Waals surface area contributed by atoms with Gasteiger partial charge in [-0.3, -0.25) is 4.98 Å². The Morgan fingerprint density at radius 2 is 0.938 bits per heavy atom. The molecule has 6 aromatic carbocycles. The van der Waals surface area contributed by atoms with Gasteiger partial charge >= 0.3 is 0 Å². The number of aromatic nitrogens is 3. The lowest BCUT2D eigenvalue weighted by Crippen LogP contribution is -2.02. The van der Waals surface area contributed by atoms with E-state index in [4.69, 9.17) is 0 Å². The van der Waals surface area contributed by atoms with E-state index in [1.54, 1.807) is 6.20 Å². The molecule has 5 heteroatoms. The molecular weight excluding hydrogens is 587 g/mol. The van der Waals surface area contributed by atoms with Gasteiger partial charge < -0.3 is 9.13 Å². The Bertz CT molecular complexity index is 2710. The first kappa shape index (κ1) is 27.4. The number of hydrogen-bond donors (Lipinski definition) is 0. The maximum Gasteiger partial charge on any atom is 0.100 e. The number of nitrogens with zero attached hydrogens (tertiary/aromatic N) is 5. The van der Waals surface area contributed by atoms with Gasteiger partial charge in [-0.05, 0) is 42.5 Å². The Morgan fingerprint density at radius 3 is 1.48 bits per heavy atom. The van der Waals surface area contributed by atoms with E-state index in [0.29, 0.717) is 16.7 Å². The van der Waals surface area contributed by atoms with Crippen LogP contribution in [0, 0.1) is 22.7 Å². The number of para-hydroxylation sites is 4. The Kier molecular flexibility index (Phi) is 6.18. The minimum absolute atomic E-state index is 0.496. The second-order valence-electron chi connectivity index (χ2n) is 11.8. The van der Waals surface area contributed by atoms with Gasteiger partial charge in [-0.15, -0.1) is 0 Å². The zero-order valence-corrected chi connectivity index (χ0v) is 25.7. The van der Waals surface area contributed by atoms with Crippen molar-refractivity contribution >= 4 is 43.6 Å². The van der Waals surface area contributed by atoms with Crippen molar-refractivity contribution in [1.29, 1.82) is 10.5 Å². The van der Waals surface area contributed by atoms with Crippen molar-refractivity contribution in [2.24, 2.45) is 0 Å². The van der Waals surface area contributed by atoms with Crippen LogP contribution in [-0.2, 0) is 0 Å². The van der Waals surface area contributed by atoms with Crippen molar-refractivity contribution in [3.05, 3.63) is 163 Å². The zero-order chi connectivity index (χ0) is 32.2. The van der Waals surface area contributed by atoms with E-state index in [1.807, 2.05) is 85.1 Å². The van der Waals surface area contributed by atoms with Crippen LogP contribution in [0.1, 0.15) is 11.1 Å². The van der Waals surface area contributed by atoms with Crippen LogP contribution < -0.4 is 0 Å². The molecule has 9 rings (SSSR count). The highest BCUT2D eigenvalue weighted by molar-refractivity contribution is 6.11. The summed E-state index contributed by atoms with van der Waals surface area (Å²) < 4.78 is 4.44. The van der Waals surface area contributed by atoms with E-state index in [2.05, 4.69) is 86.9 Å². The average Bonchev–Trinajstić information content (AvgIpc) is 3.67. The summed E-state index contributed by atoms with van der Waals surface area (Å²) in [6, 6.07) is 52.0. The van der Waals surface area contributed by atoms with Crippen molar-refractivity contribution in [3.63, 3.8) is 0 Å². The molecule has 222 valence electrons. The minimum atomic E-state index is 0.496. The Labute approximate surface area is 276 Å². The van der Waals surface area contributed by atoms with Gasteiger partial charge in [0.2, 0.25) is 0 Å². The first-order chi connectivity index (χ1) is 23.8. The highest BCUT2D eigenvalue weighted by Gasteiger charge is 2.23. The standard InChI is InChI=1S/C43H25N5/c44-25-28-11-9-22-41(47-37-18-5-1-12-30(37)31-13-2-6-19-38(31)47)43(28)35-17-10-16-29(36(35)26-45)34-23-24-46-27-42(34)48-39-20-7-3-14-32(39)33-15-4-8-21-40(33)48/h1-24,27H. The van der Waals surface area contributed by atoms with Crippen molar-refractivity contribution < 1.29 is 0 Å². The van der Waals surface area contributed by atoms with E-state index in [9.17, 15) is 10.5 Å². The molecule has 0 unspecified atom stereocenters. The molecule has 0 fully saturated rings. The first-order valence-corrected chi connectivity index (χ1v) is 15.8. The molecule has 0 aliphatic carbocycles. The molecule has 9 aromatic rings. The number of nitriles is 2. The molecule has 0 atom stereocenters. The second-order valence-corrected chi connectivity index (χ2v) is 11.8. The van der Waals surface area contributed by atoms with Gasteiger partial charge in [0.15, 0.2) is 0 Å². The Morgan fingerprint density at radius 1 is 0.438 bits per heavy atom. The molecule has 0 aliphatic heterocycles. The van der Waals surface area contributed by atoms with Gasteiger partial charge in [-0.25, -0.2) is 0 Å². The van der Waals surface area contributed by atoms with Gasteiger partial charge in [0.05, 0.1) is 56.8 Å². The summed E-state index contributed by atoms with van der Waals surface area (Å²) in [5.74, 6) is 0. The third kappa shape index (κ3) is 3.92. The number of rotatable bonds is 4. The monoisotopic (exact) mass is 611 g/mol. The summed E-state index contributed by atoms with van der Waals surface area (Å²) in [5.41, 5.74) is 9.98. The SMILES string of the molecule is N#Cc1cccc(-n2c3ccccc3c3ccccc32)c1-c1cccc(-c2ccncc2-n2c3ccccc3c3ccccc32)c1C#N. The predicted molar refractivity (Wildman–Crippen MR) is 193 cm³/mol. The molecule has 3 aromatic heterocycles. The number of fused-ring (bicyclic) bond motifs is 6. The fourth-order valence-electron chi connectivity index (χ4n) is 7.36. The largest absolute Gasteiger partial charge is 0.309 e. The molecule has 0 bridgehead atoms. The summed E-state index contributed by atoms with van der Waals surface area (Å²) in [6.45, 7) is 0. The van der Waals surface area contributed by atoms with Crippen LogP contribution in [0.3, 0.4) is 0 Å². The third-order valence-corrected chi connectivity index (χ3v) is 9.34. The molecule has 3 heterocycles. The average molecular weight is 612 g/mol. The summed E-state index contributed by atoms with van der Waals surface area (Å²) >= 11 is 0. The van der Waals surface area contributed by atoms with E-state index >= 15 is 0 Å². The number of hydrogen-bond acceptors (Lipinski definition) is 3. The van der Waals surface area contributed by atoms with Crippen LogP contribution in [0.5, 0.6) is 0 Å². The quantitative estimate of drug-likeness (QED) is 0.199. The summed E-state index contributed by atoms with van der Waals surface area (Å²) in [6.07, 6.45) is 3.64. The molecule has 0 radical (unpaired) electrons. The number of pyridine rings is 1. The van der Waals surface area contributed by atoms with E-state index in [-0.39, 0.29) is 0 Å². The maximum atomic E-state index is 11.0. The molecule has 0 aliphatic rings. The van der Waals surface area contributed by atoms with Crippen LogP contribution in [0.2, 0.25) is 0 Å². The highest BCUT2D eigenvalue weighted by atomic mass is 15.0. The molecule has 5 nitrogen and oxygen atoms in total. The van der Waals surface area contributed by atoms with Crippen LogP contribution >= 0.6 is 0 Å². The van der Waals surface area contributed by atoms with Gasteiger partial charge in [0, 0.05) is 50.0 Å². The van der Waals surface area contributed by atoms with Crippen LogP contribution in [0.15, 0.2) is 152 Å². The maximum absolute atomic E-state index is 11.0. The lowest BCUT2D eigenvalue weighted by Gasteiger charge is -2.19. The molecule has 0 spiro atoms. The third-order valence-electron chi connectivity index (χ3n) is 9.34. The molecule has 0 saturated heterocycles. The highest BCUT2D eigenvalue weighted by Crippen LogP contribution is 2.42. The molecule has 48 heavy (non-hydrogen) atoms. The van der Waals surface area contributed by atoms with E-state index in [0.717, 1.165) is 71.7 Å². The lowest BCUT2D eigenvalue weighted by molar-refractivity contribution is 1.14. The minimum Gasteiger partial charge on any atom is -0.309 e. The summed E-state index contributed by atoms with van der Waals surface area (Å²) in [4.78, 5) is 4.56. The first-order valence-electron chi connectivity index (χ1n) is 15.8. The van der Waals surface area contributed by atoms with E-state index in [1.165, 1.54) is 0 Å². The number of benzene rings is 6. The smallest absolute Gasteiger partial charge is 0.100 e. The van der Waals surface area contributed by atoms with Crippen molar-refractivity contribution in [1.82, 2.24) is 14.1 Å². The molecular formula is C43H25N5. The Balaban J connectivity index is 1.34. The molecule has 0 N–H and O–H groups in total. The fraction of sp³-hybridized carbons (Fsp3) is 0. The topological polar surface area (TPSA) is 70.3 Å². The molecule has 0 amide bonds. The van der Waals surface area contributed by atoms with E-state index < -0.39 is 0 Å². The fourth-order valence-corrected chi connectivity index (χ4v) is 7.36. The van der Waals surface area contributed by atoms with Gasteiger partial charge in [0.1, 0.15) is 6.07 Å². The van der Waals surface area contributed by atoms with Crippen LogP contribution in [-0.4, -0.2) is 14.1 Å². The predicted octanol–water partition coefficient (Wildman–Crippen LogP) is 10.4. The summed E-state index contributed by atoms with van der Waals surface area (Å²) in [7, 11) is 0. The van der Waals surface area contributed by atoms with Crippen molar-refractivity contribution in [2.45, 2.75) is 0 Å². The second kappa shape index (κ2) is 10.8.